The quantitative estimate of drug-likeness (QED) is 0.709. The van der Waals surface area contributed by atoms with E-state index in [1.54, 1.807) is 19.5 Å². The number of carbonyl (C=O) groups excluding carboxylic acids is 1. The molecule has 2 heterocycles. The average Bonchev–Trinajstić information content (AvgIpc) is 3.10. The lowest BCUT2D eigenvalue weighted by atomic mass is 9.97. The van der Waals surface area contributed by atoms with E-state index in [9.17, 15) is 4.79 Å². The molecule has 1 amide bonds. The summed E-state index contributed by atoms with van der Waals surface area (Å²) in [5.41, 5.74) is 4.20. The third kappa shape index (κ3) is 3.06. The van der Waals surface area contributed by atoms with Crippen molar-refractivity contribution in [2.45, 2.75) is 12.3 Å². The number of rotatable bonds is 4. The number of anilines is 1. The molecular formula is C22H20N2O2. The Hall–Kier alpha value is -3.14. The van der Waals surface area contributed by atoms with Crippen molar-refractivity contribution in [1.82, 2.24) is 4.98 Å². The Labute approximate surface area is 153 Å². The number of amides is 1. The monoisotopic (exact) mass is 344 g/mol. The van der Waals surface area contributed by atoms with Crippen LogP contribution in [0.4, 0.5) is 5.69 Å². The number of hydrogen-bond donors (Lipinski definition) is 0. The van der Waals surface area contributed by atoms with E-state index in [2.05, 4.69) is 17.1 Å². The van der Waals surface area contributed by atoms with Gasteiger partial charge in [0.2, 0.25) is 5.91 Å². The Bertz CT molecular complexity index is 907. The molecule has 0 spiro atoms. The Morgan fingerprint density at radius 1 is 1.00 bits per heavy atom. The molecule has 0 N–H and O–H groups in total. The van der Waals surface area contributed by atoms with E-state index in [-0.39, 0.29) is 11.8 Å². The van der Waals surface area contributed by atoms with Gasteiger partial charge in [0.15, 0.2) is 0 Å². The molecule has 1 aromatic heterocycles. The summed E-state index contributed by atoms with van der Waals surface area (Å²) < 4.78 is 5.29. The van der Waals surface area contributed by atoms with Crippen molar-refractivity contribution in [2.75, 3.05) is 18.6 Å². The molecule has 1 aliphatic heterocycles. The predicted octanol–water partition coefficient (Wildman–Crippen LogP) is 4.28. The van der Waals surface area contributed by atoms with Gasteiger partial charge in [-0.1, -0.05) is 24.3 Å². The minimum Gasteiger partial charge on any atom is -0.497 e. The predicted molar refractivity (Wildman–Crippen MR) is 102 cm³/mol. The Balaban J connectivity index is 1.55. The average molecular weight is 344 g/mol. The van der Waals surface area contributed by atoms with Gasteiger partial charge in [-0.05, 0) is 59.5 Å². The van der Waals surface area contributed by atoms with E-state index in [0.717, 1.165) is 41.1 Å². The van der Waals surface area contributed by atoms with Crippen LogP contribution in [0, 0.1) is 0 Å². The van der Waals surface area contributed by atoms with Gasteiger partial charge < -0.3 is 9.64 Å². The summed E-state index contributed by atoms with van der Waals surface area (Å²) in [4.78, 5) is 18.9. The van der Waals surface area contributed by atoms with Crippen LogP contribution in [0.25, 0.3) is 11.1 Å². The van der Waals surface area contributed by atoms with Gasteiger partial charge in [-0.25, -0.2) is 0 Å². The molecule has 4 nitrogen and oxygen atoms in total. The molecule has 0 unspecified atom stereocenters. The van der Waals surface area contributed by atoms with E-state index in [1.807, 2.05) is 53.4 Å². The first-order valence-corrected chi connectivity index (χ1v) is 8.72. The van der Waals surface area contributed by atoms with Crippen LogP contribution >= 0.6 is 0 Å². The second kappa shape index (κ2) is 7.00. The maximum atomic E-state index is 12.9. The summed E-state index contributed by atoms with van der Waals surface area (Å²) in [5, 5.41) is 0. The van der Waals surface area contributed by atoms with Gasteiger partial charge in [0.25, 0.3) is 0 Å². The normalized spacial score (nSPS) is 16.7. The molecule has 4 heteroatoms. The van der Waals surface area contributed by atoms with Gasteiger partial charge in [-0.15, -0.1) is 0 Å². The van der Waals surface area contributed by atoms with E-state index < -0.39 is 0 Å². The molecule has 1 atom stereocenters. The zero-order valence-electron chi connectivity index (χ0n) is 14.6. The first-order valence-electron chi connectivity index (χ1n) is 8.72. The highest BCUT2D eigenvalue weighted by Gasteiger charge is 2.33. The number of pyridine rings is 1. The Morgan fingerprint density at radius 2 is 1.73 bits per heavy atom. The summed E-state index contributed by atoms with van der Waals surface area (Å²) in [6, 6.07) is 19.9. The summed E-state index contributed by atoms with van der Waals surface area (Å²) in [7, 11) is 1.65. The standard InChI is InChI=1S/C22H20N2O2/c1-26-20-4-2-3-18(15-20)21-11-14-24(22(21)25)19-7-5-16(6-8-19)17-9-12-23-13-10-17/h2-10,12-13,15,21H,11,14H2,1H3/t21-/m0/s1. The smallest absolute Gasteiger partial charge is 0.234 e. The highest BCUT2D eigenvalue weighted by Crippen LogP contribution is 2.34. The number of ether oxygens (including phenoxy) is 1. The first-order chi connectivity index (χ1) is 12.8. The van der Waals surface area contributed by atoms with E-state index in [4.69, 9.17) is 4.74 Å². The Kier molecular flexibility index (Phi) is 4.40. The summed E-state index contributed by atoms with van der Waals surface area (Å²) >= 11 is 0. The van der Waals surface area contributed by atoms with Crippen LogP contribution in [0.1, 0.15) is 17.9 Å². The minimum atomic E-state index is -0.107. The number of carbonyl (C=O) groups is 1. The topological polar surface area (TPSA) is 42.4 Å². The number of nitrogens with zero attached hydrogens (tertiary/aromatic N) is 2. The van der Waals surface area contributed by atoms with Crippen molar-refractivity contribution in [3.63, 3.8) is 0 Å². The van der Waals surface area contributed by atoms with Gasteiger partial charge >= 0.3 is 0 Å². The van der Waals surface area contributed by atoms with Crippen LogP contribution in [0.15, 0.2) is 73.1 Å². The van der Waals surface area contributed by atoms with Crippen LogP contribution < -0.4 is 9.64 Å². The lowest BCUT2D eigenvalue weighted by molar-refractivity contribution is -0.118. The third-order valence-electron chi connectivity index (χ3n) is 4.89. The molecule has 0 saturated carbocycles. The van der Waals surface area contributed by atoms with Crippen molar-refractivity contribution >= 4 is 11.6 Å². The van der Waals surface area contributed by atoms with Crippen LogP contribution in [0.5, 0.6) is 5.75 Å². The van der Waals surface area contributed by atoms with Gasteiger partial charge in [-0.2, -0.15) is 0 Å². The van der Waals surface area contributed by atoms with E-state index in [0.29, 0.717) is 0 Å². The molecule has 3 aromatic rings. The summed E-state index contributed by atoms with van der Waals surface area (Å²) in [6.45, 7) is 0.731. The van der Waals surface area contributed by atoms with Gasteiger partial charge in [0.05, 0.1) is 13.0 Å². The van der Waals surface area contributed by atoms with E-state index >= 15 is 0 Å². The lowest BCUT2D eigenvalue weighted by Crippen LogP contribution is -2.26. The zero-order valence-corrected chi connectivity index (χ0v) is 14.6. The van der Waals surface area contributed by atoms with Crippen LogP contribution in [0.2, 0.25) is 0 Å². The van der Waals surface area contributed by atoms with Crippen LogP contribution in [-0.4, -0.2) is 24.5 Å². The third-order valence-corrected chi connectivity index (χ3v) is 4.89. The molecule has 4 rings (SSSR count). The molecule has 1 fully saturated rings. The SMILES string of the molecule is COc1cccc([C@@H]2CCN(c3ccc(-c4ccncc4)cc3)C2=O)c1. The van der Waals surface area contributed by atoms with Gasteiger partial charge in [0, 0.05) is 24.6 Å². The number of methoxy groups -OCH3 is 1. The van der Waals surface area contributed by atoms with Gasteiger partial charge in [-0.3, -0.25) is 9.78 Å². The molecule has 1 saturated heterocycles. The molecular weight excluding hydrogens is 324 g/mol. The molecule has 0 aliphatic carbocycles. The molecule has 130 valence electrons. The maximum absolute atomic E-state index is 12.9. The molecule has 2 aromatic carbocycles. The fraction of sp³-hybridized carbons (Fsp3) is 0.182. The van der Waals surface area contributed by atoms with Crippen molar-refractivity contribution in [2.24, 2.45) is 0 Å². The highest BCUT2D eigenvalue weighted by molar-refractivity contribution is 6.00. The van der Waals surface area contributed by atoms with Crippen molar-refractivity contribution in [3.05, 3.63) is 78.6 Å². The molecule has 1 aliphatic rings. The number of hydrogen-bond acceptors (Lipinski definition) is 3. The Morgan fingerprint density at radius 3 is 2.46 bits per heavy atom. The van der Waals surface area contributed by atoms with Crippen LogP contribution in [0.3, 0.4) is 0 Å². The van der Waals surface area contributed by atoms with Crippen LogP contribution in [-0.2, 0) is 4.79 Å². The minimum absolute atomic E-state index is 0.107. The maximum Gasteiger partial charge on any atom is 0.234 e. The zero-order chi connectivity index (χ0) is 17.9. The molecule has 0 bridgehead atoms. The second-order valence-corrected chi connectivity index (χ2v) is 6.39. The summed E-state index contributed by atoms with van der Waals surface area (Å²) in [6.07, 6.45) is 4.38. The van der Waals surface area contributed by atoms with Crippen molar-refractivity contribution < 1.29 is 9.53 Å². The van der Waals surface area contributed by atoms with Crippen molar-refractivity contribution in [3.8, 4) is 16.9 Å². The molecule has 0 radical (unpaired) electrons. The van der Waals surface area contributed by atoms with Gasteiger partial charge in [0.1, 0.15) is 5.75 Å². The highest BCUT2D eigenvalue weighted by atomic mass is 16.5. The van der Waals surface area contributed by atoms with E-state index in [1.165, 1.54) is 0 Å². The number of aromatic nitrogens is 1. The number of benzene rings is 2. The summed E-state index contributed by atoms with van der Waals surface area (Å²) in [5.74, 6) is 0.829. The fourth-order valence-corrected chi connectivity index (χ4v) is 3.48. The first kappa shape index (κ1) is 16.3. The molecule has 26 heavy (non-hydrogen) atoms. The second-order valence-electron chi connectivity index (χ2n) is 6.39. The largest absolute Gasteiger partial charge is 0.497 e. The van der Waals surface area contributed by atoms with Crippen molar-refractivity contribution in [1.29, 1.82) is 0 Å². The lowest BCUT2D eigenvalue weighted by Gasteiger charge is -2.18. The fourth-order valence-electron chi connectivity index (χ4n) is 3.48.